The van der Waals surface area contributed by atoms with E-state index in [0.717, 1.165) is 73.9 Å². The molecule has 0 spiro atoms. The quantitative estimate of drug-likeness (QED) is 0.558. The van der Waals surface area contributed by atoms with Crippen LogP contribution >= 0.6 is 0 Å². The Hall–Kier alpha value is -2.81. The topological polar surface area (TPSA) is 124 Å². The van der Waals surface area contributed by atoms with Gasteiger partial charge in [0.15, 0.2) is 0 Å². The zero-order valence-corrected chi connectivity index (χ0v) is 20.5. The van der Waals surface area contributed by atoms with E-state index in [-0.39, 0.29) is 10.8 Å². The Morgan fingerprint density at radius 2 is 1.91 bits per heavy atom. The van der Waals surface area contributed by atoms with Gasteiger partial charge in [0.2, 0.25) is 10.0 Å². The van der Waals surface area contributed by atoms with Crippen LogP contribution in [0.25, 0.3) is 22.3 Å². The molecule has 1 saturated carbocycles. The van der Waals surface area contributed by atoms with Gasteiger partial charge in [-0.2, -0.15) is 10.4 Å². The molecule has 0 unspecified atom stereocenters. The van der Waals surface area contributed by atoms with E-state index in [1.807, 2.05) is 29.3 Å². The molecular weight excluding hydrogens is 464 g/mol. The highest BCUT2D eigenvalue weighted by Gasteiger charge is 2.49. The average Bonchev–Trinajstić information content (AvgIpc) is 3.62. The number of likely N-dealkylation sites (tertiary alicyclic amines) is 1. The lowest BCUT2D eigenvalue weighted by Crippen LogP contribution is -2.66. The number of sulfonamides is 1. The van der Waals surface area contributed by atoms with Crippen LogP contribution in [0, 0.1) is 11.3 Å². The summed E-state index contributed by atoms with van der Waals surface area (Å²) in [5, 5.41) is 15.0. The molecule has 1 aliphatic carbocycles. The molecule has 3 aromatic heterocycles. The molecule has 2 saturated heterocycles. The Kier molecular flexibility index (Phi) is 5.62. The number of nitrogens with zero attached hydrogens (tertiary/aromatic N) is 7. The highest BCUT2D eigenvalue weighted by molar-refractivity contribution is 7.89. The number of nitriles is 1. The van der Waals surface area contributed by atoms with E-state index in [1.54, 1.807) is 10.6 Å². The third kappa shape index (κ3) is 3.84. The molecule has 5 heterocycles. The van der Waals surface area contributed by atoms with Gasteiger partial charge in [0, 0.05) is 55.6 Å². The molecule has 0 aromatic carbocycles. The number of H-pyrrole nitrogens is 1. The summed E-state index contributed by atoms with van der Waals surface area (Å²) in [5.74, 6) is 0. The molecule has 10 nitrogen and oxygen atoms in total. The number of aromatic nitrogens is 5. The largest absolute Gasteiger partial charge is 0.346 e. The SMILES string of the molecule is N#CCC1(n2cc(-c3ncnc4[nH]ccc34)cn2)CN(C2CCN(S(=O)(=O)C3CCCC3)CC2)C1. The summed E-state index contributed by atoms with van der Waals surface area (Å²) in [6.07, 6.45) is 12.9. The minimum atomic E-state index is -3.16. The number of piperidine rings is 1. The van der Waals surface area contributed by atoms with Gasteiger partial charge >= 0.3 is 0 Å². The first kappa shape index (κ1) is 22.6. The van der Waals surface area contributed by atoms with E-state index < -0.39 is 10.0 Å². The molecule has 0 bridgehead atoms. The molecule has 0 amide bonds. The van der Waals surface area contributed by atoms with Crippen LogP contribution < -0.4 is 0 Å². The molecular formula is C24H30N8O2S. The molecule has 184 valence electrons. The van der Waals surface area contributed by atoms with Crippen molar-refractivity contribution in [2.24, 2.45) is 0 Å². The van der Waals surface area contributed by atoms with Crippen LogP contribution in [0.4, 0.5) is 0 Å². The normalized spacial score (nSPS) is 22.4. The van der Waals surface area contributed by atoms with Crippen molar-refractivity contribution in [3.8, 4) is 17.3 Å². The predicted molar refractivity (Wildman–Crippen MR) is 131 cm³/mol. The van der Waals surface area contributed by atoms with E-state index in [1.165, 1.54) is 0 Å². The van der Waals surface area contributed by atoms with Crippen molar-refractivity contribution in [2.45, 2.75) is 61.8 Å². The van der Waals surface area contributed by atoms with Gasteiger partial charge in [0.1, 0.15) is 17.5 Å². The smallest absolute Gasteiger partial charge is 0.216 e. The zero-order valence-electron chi connectivity index (χ0n) is 19.7. The van der Waals surface area contributed by atoms with E-state index in [9.17, 15) is 13.7 Å². The van der Waals surface area contributed by atoms with Crippen LogP contribution in [0.5, 0.6) is 0 Å². The summed E-state index contributed by atoms with van der Waals surface area (Å²) >= 11 is 0. The lowest BCUT2D eigenvalue weighted by molar-refractivity contribution is -0.0382. The summed E-state index contributed by atoms with van der Waals surface area (Å²) in [4.78, 5) is 14.2. The van der Waals surface area contributed by atoms with Gasteiger partial charge in [-0.15, -0.1) is 0 Å². The van der Waals surface area contributed by atoms with Gasteiger partial charge in [-0.3, -0.25) is 9.58 Å². The molecule has 35 heavy (non-hydrogen) atoms. The molecule has 3 fully saturated rings. The first-order valence-electron chi connectivity index (χ1n) is 12.4. The second-order valence-corrected chi connectivity index (χ2v) is 12.4. The van der Waals surface area contributed by atoms with Crippen LogP contribution in [-0.2, 0) is 15.6 Å². The van der Waals surface area contributed by atoms with E-state index in [4.69, 9.17) is 0 Å². The number of hydrogen-bond donors (Lipinski definition) is 1. The van der Waals surface area contributed by atoms with Gasteiger partial charge in [-0.25, -0.2) is 22.7 Å². The Bertz CT molecular complexity index is 1350. The number of nitrogens with one attached hydrogen (secondary N) is 1. The monoisotopic (exact) mass is 494 g/mol. The number of hydrogen-bond acceptors (Lipinski definition) is 7. The van der Waals surface area contributed by atoms with Crippen LogP contribution in [0.3, 0.4) is 0 Å². The summed E-state index contributed by atoms with van der Waals surface area (Å²) in [5.41, 5.74) is 2.13. The van der Waals surface area contributed by atoms with Crippen LogP contribution in [0.1, 0.15) is 44.9 Å². The van der Waals surface area contributed by atoms with Crippen LogP contribution in [0.15, 0.2) is 31.0 Å². The minimum Gasteiger partial charge on any atom is -0.346 e. The first-order chi connectivity index (χ1) is 17.0. The molecule has 6 rings (SSSR count). The molecule has 1 N–H and O–H groups in total. The summed E-state index contributed by atoms with van der Waals surface area (Å²) in [7, 11) is -3.16. The van der Waals surface area contributed by atoms with Gasteiger partial charge < -0.3 is 4.98 Å². The highest BCUT2D eigenvalue weighted by atomic mass is 32.2. The lowest BCUT2D eigenvalue weighted by Gasteiger charge is -2.53. The van der Waals surface area contributed by atoms with E-state index in [0.29, 0.717) is 25.6 Å². The van der Waals surface area contributed by atoms with Gasteiger partial charge in [0.05, 0.1) is 29.6 Å². The maximum atomic E-state index is 13.0. The number of fused-ring (bicyclic) bond motifs is 1. The Morgan fingerprint density at radius 1 is 1.14 bits per heavy atom. The van der Waals surface area contributed by atoms with Crippen molar-refractivity contribution in [1.82, 2.24) is 33.9 Å². The van der Waals surface area contributed by atoms with Gasteiger partial charge in [-0.1, -0.05) is 12.8 Å². The fourth-order valence-electron chi connectivity index (χ4n) is 6.12. The second kappa shape index (κ2) is 8.69. The number of aromatic amines is 1. The summed E-state index contributed by atoms with van der Waals surface area (Å²) in [6, 6.07) is 4.66. The van der Waals surface area contributed by atoms with E-state index in [2.05, 4.69) is 31.0 Å². The minimum absolute atomic E-state index is 0.178. The maximum Gasteiger partial charge on any atom is 0.216 e. The van der Waals surface area contributed by atoms with Crippen molar-refractivity contribution in [3.63, 3.8) is 0 Å². The fraction of sp³-hybridized carbons (Fsp3) is 0.583. The van der Waals surface area contributed by atoms with Crippen molar-refractivity contribution in [1.29, 1.82) is 5.26 Å². The van der Waals surface area contributed by atoms with Crippen molar-refractivity contribution >= 4 is 21.1 Å². The van der Waals surface area contributed by atoms with Crippen molar-refractivity contribution < 1.29 is 8.42 Å². The molecule has 3 aliphatic rings. The molecule has 2 aliphatic heterocycles. The molecule has 0 radical (unpaired) electrons. The summed E-state index contributed by atoms with van der Waals surface area (Å²) < 4.78 is 29.6. The lowest BCUT2D eigenvalue weighted by atomic mass is 9.84. The third-order valence-corrected chi connectivity index (χ3v) is 10.5. The van der Waals surface area contributed by atoms with Crippen molar-refractivity contribution in [3.05, 3.63) is 31.0 Å². The van der Waals surface area contributed by atoms with Gasteiger partial charge in [0.25, 0.3) is 0 Å². The average molecular weight is 495 g/mol. The highest BCUT2D eigenvalue weighted by Crippen LogP contribution is 2.38. The summed E-state index contributed by atoms with van der Waals surface area (Å²) in [6.45, 7) is 2.67. The first-order valence-corrected chi connectivity index (χ1v) is 13.9. The molecule has 0 atom stereocenters. The van der Waals surface area contributed by atoms with Gasteiger partial charge in [-0.05, 0) is 31.7 Å². The Morgan fingerprint density at radius 3 is 2.66 bits per heavy atom. The number of rotatable bonds is 6. The third-order valence-electron chi connectivity index (χ3n) is 8.12. The van der Waals surface area contributed by atoms with Crippen LogP contribution in [-0.4, -0.2) is 79.8 Å². The molecule has 3 aromatic rings. The molecule has 11 heteroatoms. The second-order valence-electron chi connectivity index (χ2n) is 10.2. The van der Waals surface area contributed by atoms with Crippen LogP contribution in [0.2, 0.25) is 0 Å². The standard InChI is InChI=1S/C24H30N8O2S/c25-9-8-24(32-14-18(13-29-32)22-21-5-10-26-23(21)28-17-27-22)15-30(16-24)19-6-11-31(12-7-19)35(33,34)20-3-1-2-4-20/h5,10,13-14,17,19-20H,1-4,6-8,11-12,15-16H2,(H,26,27,28). The zero-order chi connectivity index (χ0) is 24.0. The Labute approximate surface area is 205 Å². The van der Waals surface area contributed by atoms with Crippen molar-refractivity contribution in [2.75, 3.05) is 26.2 Å². The predicted octanol–water partition coefficient (Wildman–Crippen LogP) is 2.48. The Balaban J connectivity index is 1.14. The maximum absolute atomic E-state index is 13.0. The fourth-order valence-corrected chi connectivity index (χ4v) is 8.19. The van der Waals surface area contributed by atoms with E-state index >= 15 is 0 Å².